The number of methoxy groups -OCH3 is 1. The van der Waals surface area contributed by atoms with Gasteiger partial charge in [0.2, 0.25) is 0 Å². The Hall–Kier alpha value is -1.19. The van der Waals surface area contributed by atoms with Gasteiger partial charge >= 0.3 is 0 Å². The summed E-state index contributed by atoms with van der Waals surface area (Å²) < 4.78 is 5.57. The van der Waals surface area contributed by atoms with Crippen LogP contribution in [0.2, 0.25) is 0 Å². The van der Waals surface area contributed by atoms with Crippen LogP contribution in [0.25, 0.3) is 0 Å². The molecule has 19 heavy (non-hydrogen) atoms. The zero-order chi connectivity index (χ0) is 13.9. The molecule has 0 aliphatic carbocycles. The first-order valence-corrected chi connectivity index (χ1v) is 6.90. The number of benzene rings is 1. The number of piperidine rings is 1. The van der Waals surface area contributed by atoms with Crippen LogP contribution in [0.15, 0.2) is 24.3 Å². The van der Waals surface area contributed by atoms with Crippen LogP contribution >= 0.6 is 0 Å². The van der Waals surface area contributed by atoms with Gasteiger partial charge in [0.25, 0.3) is 0 Å². The average molecular weight is 261 g/mol. The van der Waals surface area contributed by atoms with Crippen molar-refractivity contribution in [3.8, 4) is 0 Å². The van der Waals surface area contributed by atoms with Crippen LogP contribution in [-0.4, -0.2) is 43.0 Å². The Kier molecular flexibility index (Phi) is 4.38. The minimum absolute atomic E-state index is 0.107. The summed E-state index contributed by atoms with van der Waals surface area (Å²) in [6, 6.07) is 7.80. The summed E-state index contributed by atoms with van der Waals surface area (Å²) in [4.78, 5) is 14.6. The monoisotopic (exact) mass is 261 g/mol. The van der Waals surface area contributed by atoms with E-state index in [0.29, 0.717) is 6.54 Å². The summed E-state index contributed by atoms with van der Waals surface area (Å²) in [5, 5.41) is 0. The van der Waals surface area contributed by atoms with E-state index in [4.69, 9.17) is 4.74 Å². The molecule has 3 heteroatoms. The van der Waals surface area contributed by atoms with Crippen LogP contribution in [0.1, 0.15) is 35.7 Å². The topological polar surface area (TPSA) is 29.5 Å². The third-order valence-electron chi connectivity index (χ3n) is 4.04. The quantitative estimate of drug-likeness (QED) is 0.780. The molecule has 1 aromatic carbocycles. The highest BCUT2D eigenvalue weighted by atomic mass is 16.5. The minimum Gasteiger partial charge on any atom is -0.377 e. The SMILES string of the molecule is COC1(C)CCCN(CC(=O)c2ccccc2C)C1. The molecule has 1 aliphatic rings. The number of rotatable bonds is 4. The summed E-state index contributed by atoms with van der Waals surface area (Å²) in [5.74, 6) is 0.207. The highest BCUT2D eigenvalue weighted by molar-refractivity contribution is 5.98. The molecule has 0 amide bonds. The molecular formula is C16H23NO2. The number of likely N-dealkylation sites (tertiary alicyclic amines) is 1. The number of ether oxygens (including phenoxy) is 1. The lowest BCUT2D eigenvalue weighted by Crippen LogP contribution is -2.48. The van der Waals surface area contributed by atoms with Gasteiger partial charge in [-0.1, -0.05) is 24.3 Å². The standard InChI is InChI=1S/C16H23NO2/c1-13-7-4-5-8-14(13)15(18)11-17-10-6-9-16(2,12-17)19-3/h4-5,7-8H,6,9-12H2,1-3H3. The first-order valence-electron chi connectivity index (χ1n) is 6.90. The van der Waals surface area contributed by atoms with Crippen LogP contribution in [0.5, 0.6) is 0 Å². The second-order valence-electron chi connectivity index (χ2n) is 5.71. The Morgan fingerprint density at radius 1 is 1.42 bits per heavy atom. The van der Waals surface area contributed by atoms with E-state index in [0.717, 1.165) is 37.1 Å². The van der Waals surface area contributed by atoms with Gasteiger partial charge in [0.05, 0.1) is 12.1 Å². The molecule has 0 N–H and O–H groups in total. The van der Waals surface area contributed by atoms with E-state index in [9.17, 15) is 4.79 Å². The summed E-state index contributed by atoms with van der Waals surface area (Å²) in [7, 11) is 1.76. The van der Waals surface area contributed by atoms with Gasteiger partial charge < -0.3 is 4.74 Å². The molecule has 0 saturated carbocycles. The van der Waals surface area contributed by atoms with Gasteiger partial charge in [0.1, 0.15) is 0 Å². The largest absolute Gasteiger partial charge is 0.377 e. The molecule has 1 fully saturated rings. The zero-order valence-corrected chi connectivity index (χ0v) is 12.1. The average Bonchev–Trinajstić information content (AvgIpc) is 2.39. The Morgan fingerprint density at radius 2 is 2.16 bits per heavy atom. The second kappa shape index (κ2) is 5.85. The fourth-order valence-electron chi connectivity index (χ4n) is 2.78. The van der Waals surface area contributed by atoms with Crippen molar-refractivity contribution in [2.45, 2.75) is 32.3 Å². The number of hydrogen-bond acceptors (Lipinski definition) is 3. The third kappa shape index (κ3) is 3.43. The molecule has 2 rings (SSSR count). The van der Waals surface area contributed by atoms with Gasteiger partial charge in [-0.05, 0) is 38.8 Å². The first-order chi connectivity index (χ1) is 9.04. The Morgan fingerprint density at radius 3 is 2.84 bits per heavy atom. The molecule has 1 heterocycles. The van der Waals surface area contributed by atoms with Crippen LogP contribution in [0.4, 0.5) is 0 Å². The van der Waals surface area contributed by atoms with Crippen molar-refractivity contribution in [3.63, 3.8) is 0 Å². The van der Waals surface area contributed by atoms with Gasteiger partial charge in [-0.2, -0.15) is 0 Å². The maximum absolute atomic E-state index is 12.4. The highest BCUT2D eigenvalue weighted by Gasteiger charge is 2.31. The van der Waals surface area contributed by atoms with E-state index in [1.807, 2.05) is 31.2 Å². The Labute approximate surface area is 115 Å². The summed E-state index contributed by atoms with van der Waals surface area (Å²) in [6.45, 7) is 6.42. The lowest BCUT2D eigenvalue weighted by molar-refractivity contribution is -0.0485. The van der Waals surface area contributed by atoms with Crippen molar-refractivity contribution in [2.24, 2.45) is 0 Å². The molecule has 1 aromatic rings. The number of carbonyl (C=O) groups is 1. The molecule has 104 valence electrons. The molecule has 1 unspecified atom stereocenters. The molecule has 0 spiro atoms. The predicted octanol–water partition coefficient (Wildman–Crippen LogP) is 2.68. The summed E-state index contributed by atoms with van der Waals surface area (Å²) in [6.07, 6.45) is 2.16. The van der Waals surface area contributed by atoms with Crippen LogP contribution in [0, 0.1) is 6.92 Å². The van der Waals surface area contributed by atoms with Crippen LogP contribution < -0.4 is 0 Å². The lowest BCUT2D eigenvalue weighted by atomic mass is 9.94. The van der Waals surface area contributed by atoms with E-state index in [1.54, 1.807) is 7.11 Å². The second-order valence-corrected chi connectivity index (χ2v) is 5.71. The van der Waals surface area contributed by atoms with E-state index >= 15 is 0 Å². The van der Waals surface area contributed by atoms with Crippen LogP contribution in [-0.2, 0) is 4.74 Å². The van der Waals surface area contributed by atoms with Crippen molar-refractivity contribution in [1.82, 2.24) is 4.90 Å². The number of ketones is 1. The molecular weight excluding hydrogens is 238 g/mol. The van der Waals surface area contributed by atoms with Crippen molar-refractivity contribution in [3.05, 3.63) is 35.4 Å². The highest BCUT2D eigenvalue weighted by Crippen LogP contribution is 2.24. The molecule has 1 atom stereocenters. The molecule has 1 aliphatic heterocycles. The van der Waals surface area contributed by atoms with Gasteiger partial charge in [0, 0.05) is 19.2 Å². The Balaban J connectivity index is 2.02. The molecule has 0 aromatic heterocycles. The van der Waals surface area contributed by atoms with Crippen LogP contribution in [0.3, 0.4) is 0 Å². The number of Topliss-reactive ketones (excluding diaryl/α,β-unsaturated/α-hetero) is 1. The summed E-state index contributed by atoms with van der Waals surface area (Å²) in [5.41, 5.74) is 1.79. The Bertz CT molecular complexity index is 458. The third-order valence-corrected chi connectivity index (χ3v) is 4.04. The minimum atomic E-state index is -0.107. The maximum Gasteiger partial charge on any atom is 0.177 e. The molecule has 3 nitrogen and oxygen atoms in total. The van der Waals surface area contributed by atoms with E-state index in [1.165, 1.54) is 0 Å². The van der Waals surface area contributed by atoms with Crippen molar-refractivity contribution >= 4 is 5.78 Å². The van der Waals surface area contributed by atoms with Gasteiger partial charge in [-0.3, -0.25) is 9.69 Å². The van der Waals surface area contributed by atoms with E-state index in [-0.39, 0.29) is 11.4 Å². The number of hydrogen-bond donors (Lipinski definition) is 0. The van der Waals surface area contributed by atoms with Gasteiger partial charge in [0.15, 0.2) is 5.78 Å². The molecule has 0 bridgehead atoms. The lowest BCUT2D eigenvalue weighted by Gasteiger charge is -2.39. The van der Waals surface area contributed by atoms with Gasteiger partial charge in [-0.25, -0.2) is 0 Å². The molecule has 1 saturated heterocycles. The number of nitrogens with zero attached hydrogens (tertiary/aromatic N) is 1. The van der Waals surface area contributed by atoms with E-state index < -0.39 is 0 Å². The predicted molar refractivity (Wildman–Crippen MR) is 76.6 cm³/mol. The normalized spacial score (nSPS) is 24.4. The van der Waals surface area contributed by atoms with E-state index in [2.05, 4.69) is 11.8 Å². The zero-order valence-electron chi connectivity index (χ0n) is 12.1. The molecule has 0 radical (unpaired) electrons. The fraction of sp³-hybridized carbons (Fsp3) is 0.562. The number of aryl methyl sites for hydroxylation is 1. The van der Waals surface area contributed by atoms with Gasteiger partial charge in [-0.15, -0.1) is 0 Å². The first kappa shape index (κ1) is 14.2. The fourth-order valence-corrected chi connectivity index (χ4v) is 2.78. The van der Waals surface area contributed by atoms with Crippen molar-refractivity contribution < 1.29 is 9.53 Å². The van der Waals surface area contributed by atoms with Crippen molar-refractivity contribution in [1.29, 1.82) is 0 Å². The smallest absolute Gasteiger partial charge is 0.177 e. The maximum atomic E-state index is 12.4. The summed E-state index contributed by atoms with van der Waals surface area (Å²) >= 11 is 0. The van der Waals surface area contributed by atoms with Crippen molar-refractivity contribution in [2.75, 3.05) is 26.7 Å². The number of carbonyl (C=O) groups excluding carboxylic acids is 1.